The Labute approximate surface area is 219 Å². The Morgan fingerprint density at radius 1 is 1.06 bits per heavy atom. The minimum atomic E-state index is -0.511. The van der Waals surface area contributed by atoms with Gasteiger partial charge in [-0.2, -0.15) is 0 Å². The van der Waals surface area contributed by atoms with Crippen molar-refractivity contribution in [3.8, 4) is 28.4 Å². The zero-order valence-corrected chi connectivity index (χ0v) is 22.2. The molecule has 2 aromatic carbocycles. The molecule has 3 aromatic rings. The highest BCUT2D eigenvalue weighted by Crippen LogP contribution is 2.39. The van der Waals surface area contributed by atoms with Gasteiger partial charge in [-0.3, -0.25) is 9.69 Å². The summed E-state index contributed by atoms with van der Waals surface area (Å²) in [6, 6.07) is 12.5. The zero-order valence-electron chi connectivity index (χ0n) is 20.6. The number of nitrogens with one attached hydrogen (secondary N) is 1. The van der Waals surface area contributed by atoms with Crippen LogP contribution in [0.5, 0.6) is 17.2 Å². The maximum absolute atomic E-state index is 12.8. The summed E-state index contributed by atoms with van der Waals surface area (Å²) in [7, 11) is 4.92. The number of carbonyl (C=O) groups is 2. The summed E-state index contributed by atoms with van der Waals surface area (Å²) in [5.41, 5.74) is 1.68. The lowest BCUT2D eigenvalue weighted by atomic mass is 10.0. The summed E-state index contributed by atoms with van der Waals surface area (Å²) in [6.07, 6.45) is 0. The van der Waals surface area contributed by atoms with Crippen LogP contribution >= 0.6 is 22.9 Å². The van der Waals surface area contributed by atoms with Crippen LogP contribution in [0.2, 0.25) is 5.02 Å². The molecule has 36 heavy (non-hydrogen) atoms. The van der Waals surface area contributed by atoms with E-state index < -0.39 is 5.97 Å². The molecular weight excluding hydrogens is 504 g/mol. The van der Waals surface area contributed by atoms with Gasteiger partial charge in [-0.1, -0.05) is 17.7 Å². The number of nitrogens with zero attached hydrogens (tertiary/aromatic N) is 1. The van der Waals surface area contributed by atoms with Crippen LogP contribution in [0.25, 0.3) is 11.1 Å². The van der Waals surface area contributed by atoms with E-state index in [1.807, 2.05) is 23.4 Å². The number of carbonyl (C=O) groups excluding carboxylic acids is 2. The molecule has 10 heteroatoms. The van der Waals surface area contributed by atoms with Gasteiger partial charge < -0.3 is 24.3 Å². The number of anilines is 1. The number of esters is 1. The van der Waals surface area contributed by atoms with Crippen molar-refractivity contribution in [3.63, 3.8) is 0 Å². The van der Waals surface area contributed by atoms with Crippen molar-refractivity contribution in [2.45, 2.75) is 6.92 Å². The molecule has 0 spiro atoms. The van der Waals surface area contributed by atoms with Crippen LogP contribution in [0.3, 0.4) is 0 Å². The van der Waals surface area contributed by atoms with Crippen LogP contribution < -0.4 is 19.5 Å². The summed E-state index contributed by atoms with van der Waals surface area (Å²) < 4.78 is 21.7. The number of hydrogen-bond acceptors (Lipinski definition) is 8. The highest BCUT2D eigenvalue weighted by atomic mass is 35.5. The number of ether oxygens (including phenoxy) is 4. The largest absolute Gasteiger partial charge is 0.493 e. The molecule has 0 unspecified atom stereocenters. The van der Waals surface area contributed by atoms with Gasteiger partial charge in [0.15, 0.2) is 11.5 Å². The molecule has 8 nitrogen and oxygen atoms in total. The van der Waals surface area contributed by atoms with Crippen LogP contribution in [-0.2, 0) is 9.53 Å². The number of likely N-dealkylation sites (N-methyl/N-ethyl adjacent to an activating group) is 1. The normalized spacial score (nSPS) is 10.7. The van der Waals surface area contributed by atoms with Crippen LogP contribution in [0.1, 0.15) is 17.3 Å². The Morgan fingerprint density at radius 2 is 1.78 bits per heavy atom. The molecule has 0 aliphatic heterocycles. The summed E-state index contributed by atoms with van der Waals surface area (Å²) >= 11 is 7.14. The van der Waals surface area contributed by atoms with Gasteiger partial charge in [0.1, 0.15) is 22.9 Å². The number of thiophene rings is 1. The second kappa shape index (κ2) is 13.2. The molecule has 1 aromatic heterocycles. The maximum atomic E-state index is 12.8. The van der Waals surface area contributed by atoms with Crippen molar-refractivity contribution < 1.29 is 28.5 Å². The fourth-order valence-electron chi connectivity index (χ4n) is 3.41. The lowest BCUT2D eigenvalue weighted by Crippen LogP contribution is -2.33. The number of hydrogen-bond donors (Lipinski definition) is 1. The molecule has 1 amide bonds. The number of benzene rings is 2. The van der Waals surface area contributed by atoms with Gasteiger partial charge in [0.25, 0.3) is 0 Å². The van der Waals surface area contributed by atoms with E-state index in [1.54, 1.807) is 57.5 Å². The molecule has 0 aliphatic rings. The van der Waals surface area contributed by atoms with E-state index in [0.717, 1.165) is 5.56 Å². The molecule has 1 N–H and O–H groups in total. The van der Waals surface area contributed by atoms with Crippen molar-refractivity contribution in [1.29, 1.82) is 0 Å². The van der Waals surface area contributed by atoms with E-state index in [9.17, 15) is 9.59 Å². The van der Waals surface area contributed by atoms with Crippen LogP contribution in [0.15, 0.2) is 47.8 Å². The summed E-state index contributed by atoms with van der Waals surface area (Å²) in [5, 5.41) is 5.74. The lowest BCUT2D eigenvalue weighted by molar-refractivity contribution is -0.117. The van der Waals surface area contributed by atoms with Gasteiger partial charge >= 0.3 is 5.97 Å². The Balaban J connectivity index is 1.69. The monoisotopic (exact) mass is 532 g/mol. The molecule has 0 saturated carbocycles. The van der Waals surface area contributed by atoms with Crippen LogP contribution in [0, 0.1) is 0 Å². The van der Waals surface area contributed by atoms with Crippen molar-refractivity contribution in [2.24, 2.45) is 0 Å². The third kappa shape index (κ3) is 7.13. The minimum Gasteiger partial charge on any atom is -0.493 e. The molecule has 0 atom stereocenters. The van der Waals surface area contributed by atoms with Gasteiger partial charge in [0.05, 0.1) is 27.4 Å². The van der Waals surface area contributed by atoms with Gasteiger partial charge in [-0.05, 0) is 55.9 Å². The van der Waals surface area contributed by atoms with Crippen molar-refractivity contribution in [3.05, 3.63) is 58.4 Å². The SMILES string of the molecule is CCOC(=O)c1c(-c2ccc(OC)c(OC)c2)csc1NC(=O)CN(C)CCOc1ccc(Cl)cc1. The first-order valence-electron chi connectivity index (χ1n) is 11.2. The Morgan fingerprint density at radius 3 is 2.44 bits per heavy atom. The summed E-state index contributed by atoms with van der Waals surface area (Å²) in [4.78, 5) is 27.4. The molecule has 0 aliphatic carbocycles. The third-order valence-electron chi connectivity index (χ3n) is 5.19. The van der Waals surface area contributed by atoms with E-state index in [4.69, 9.17) is 30.5 Å². The quantitative estimate of drug-likeness (QED) is 0.320. The van der Waals surface area contributed by atoms with Crippen LogP contribution in [-0.4, -0.2) is 64.3 Å². The fourth-order valence-corrected chi connectivity index (χ4v) is 4.51. The van der Waals surface area contributed by atoms with E-state index in [-0.39, 0.29) is 19.1 Å². The predicted octanol–water partition coefficient (Wildman–Crippen LogP) is 5.21. The molecule has 0 saturated heterocycles. The maximum Gasteiger partial charge on any atom is 0.341 e. The molecule has 192 valence electrons. The summed E-state index contributed by atoms with van der Waals surface area (Å²) in [5.74, 6) is 1.05. The topological polar surface area (TPSA) is 86.3 Å². The van der Waals surface area contributed by atoms with Gasteiger partial charge in [-0.25, -0.2) is 4.79 Å². The highest BCUT2D eigenvalue weighted by Gasteiger charge is 2.24. The van der Waals surface area contributed by atoms with Gasteiger partial charge in [-0.15, -0.1) is 11.3 Å². The average Bonchev–Trinajstić information content (AvgIpc) is 3.28. The molecule has 0 fully saturated rings. The molecule has 3 rings (SSSR count). The first-order chi connectivity index (χ1) is 17.4. The van der Waals surface area contributed by atoms with Gasteiger partial charge in [0.2, 0.25) is 5.91 Å². The molecule has 0 bridgehead atoms. The average molecular weight is 533 g/mol. The Kier molecular flexibility index (Phi) is 9.98. The number of methoxy groups -OCH3 is 2. The van der Waals surface area contributed by atoms with Gasteiger partial charge in [0, 0.05) is 22.5 Å². The molecular formula is C26H29ClN2O6S. The van der Waals surface area contributed by atoms with E-state index in [2.05, 4.69) is 5.32 Å². The lowest BCUT2D eigenvalue weighted by Gasteiger charge is -2.17. The second-order valence-corrected chi connectivity index (χ2v) is 9.05. The van der Waals surface area contributed by atoms with E-state index in [1.165, 1.54) is 11.3 Å². The van der Waals surface area contributed by atoms with Crippen LogP contribution in [0.4, 0.5) is 5.00 Å². The smallest absolute Gasteiger partial charge is 0.341 e. The van der Waals surface area contributed by atoms with Crippen molar-refractivity contribution in [2.75, 3.05) is 52.9 Å². The zero-order chi connectivity index (χ0) is 26.1. The first-order valence-corrected chi connectivity index (χ1v) is 12.5. The molecule has 1 heterocycles. The fraction of sp³-hybridized carbons (Fsp3) is 0.308. The highest BCUT2D eigenvalue weighted by molar-refractivity contribution is 7.15. The van der Waals surface area contributed by atoms with E-state index >= 15 is 0 Å². The Bertz CT molecular complexity index is 1180. The Hall–Kier alpha value is -3.27. The number of rotatable bonds is 12. The number of amides is 1. The minimum absolute atomic E-state index is 0.121. The predicted molar refractivity (Wildman–Crippen MR) is 142 cm³/mol. The van der Waals surface area contributed by atoms with E-state index in [0.29, 0.717) is 51.6 Å². The number of halogens is 1. The standard InChI is InChI=1S/C26H29ClN2O6S/c1-5-34-26(31)24-20(17-6-11-21(32-3)22(14-17)33-4)16-36-25(24)28-23(30)15-29(2)12-13-35-19-9-7-18(27)8-10-19/h6-11,14,16H,5,12-13,15H2,1-4H3,(H,28,30). The molecule has 0 radical (unpaired) electrons. The first kappa shape index (κ1) is 27.3. The van der Waals surface area contributed by atoms with Crippen molar-refractivity contribution >= 4 is 39.8 Å². The van der Waals surface area contributed by atoms with Crippen molar-refractivity contribution in [1.82, 2.24) is 4.90 Å². The second-order valence-electron chi connectivity index (χ2n) is 7.73. The third-order valence-corrected chi connectivity index (χ3v) is 6.33. The summed E-state index contributed by atoms with van der Waals surface area (Å²) in [6.45, 7) is 3.00.